The summed E-state index contributed by atoms with van der Waals surface area (Å²) in [7, 11) is -2.06. The molecule has 0 radical (unpaired) electrons. The van der Waals surface area contributed by atoms with E-state index in [1.165, 1.54) is 0 Å². The topological polar surface area (TPSA) is 52.3 Å². The van der Waals surface area contributed by atoms with Crippen molar-refractivity contribution in [3.63, 3.8) is 0 Å². The second kappa shape index (κ2) is 4.76. The highest BCUT2D eigenvalue weighted by atomic mass is 28.4. The van der Waals surface area contributed by atoms with Gasteiger partial charge in [0.1, 0.15) is 0 Å². The molecule has 0 amide bonds. The summed E-state index contributed by atoms with van der Waals surface area (Å²) in [6.45, 7) is 12.4. The van der Waals surface area contributed by atoms with E-state index in [9.17, 15) is 4.79 Å². The Morgan fingerprint density at radius 3 is 2.28 bits per heavy atom. The highest BCUT2D eigenvalue weighted by Crippen LogP contribution is 2.37. The molecular formula is C14H23NO2Si. The molecule has 1 aromatic rings. The van der Waals surface area contributed by atoms with Gasteiger partial charge in [-0.3, -0.25) is 0 Å². The van der Waals surface area contributed by atoms with Crippen molar-refractivity contribution in [3.05, 3.63) is 29.3 Å². The third-order valence-electron chi connectivity index (χ3n) is 3.66. The minimum absolute atomic E-state index is 0.0194. The van der Waals surface area contributed by atoms with Crippen LogP contribution in [0.25, 0.3) is 0 Å². The Morgan fingerprint density at radius 2 is 1.83 bits per heavy atom. The molecule has 0 aliphatic heterocycles. The summed E-state index contributed by atoms with van der Waals surface area (Å²) in [5.41, 5.74) is 7.91. The molecule has 0 aliphatic carbocycles. The second-order valence-electron chi connectivity index (χ2n) is 6.22. The first-order valence-corrected chi connectivity index (χ1v) is 9.05. The highest BCUT2D eigenvalue weighted by Gasteiger charge is 2.40. The number of anilines is 1. The van der Waals surface area contributed by atoms with Crippen molar-refractivity contribution in [1.29, 1.82) is 0 Å². The molecule has 0 aromatic heterocycles. The molecule has 0 atom stereocenters. The predicted octanol–water partition coefficient (Wildman–Crippen LogP) is 3.74. The molecule has 0 fully saturated rings. The van der Waals surface area contributed by atoms with Gasteiger partial charge in [0.05, 0.1) is 5.56 Å². The monoisotopic (exact) mass is 265 g/mol. The Kier molecular flexibility index (Phi) is 3.91. The highest BCUT2D eigenvalue weighted by molar-refractivity contribution is 6.75. The first-order chi connectivity index (χ1) is 8.04. The van der Waals surface area contributed by atoms with Crippen LogP contribution in [0.3, 0.4) is 0 Å². The molecule has 18 heavy (non-hydrogen) atoms. The van der Waals surface area contributed by atoms with E-state index in [2.05, 4.69) is 33.9 Å². The fourth-order valence-corrected chi connectivity index (χ4v) is 2.13. The van der Waals surface area contributed by atoms with Crippen molar-refractivity contribution >= 4 is 20.0 Å². The van der Waals surface area contributed by atoms with Crippen molar-refractivity contribution in [3.8, 4) is 0 Å². The second-order valence-corrected chi connectivity index (χ2v) is 10.9. The van der Waals surface area contributed by atoms with E-state index in [4.69, 9.17) is 10.2 Å². The standard InChI is InChI=1S/C14H23NO2Si/c1-10-9-11(7-8-12(10)15)13(16)17-18(5,6)14(2,3)4/h7-9H,15H2,1-6H3. The molecule has 3 nitrogen and oxygen atoms in total. The SMILES string of the molecule is Cc1cc(C(=O)O[Si](C)(C)C(C)(C)C)ccc1N. The fourth-order valence-electron chi connectivity index (χ4n) is 1.25. The summed E-state index contributed by atoms with van der Waals surface area (Å²) in [5.74, 6) is -0.246. The van der Waals surface area contributed by atoms with Crippen molar-refractivity contribution in [2.45, 2.75) is 45.8 Å². The number of nitrogens with two attached hydrogens (primary N) is 1. The van der Waals surface area contributed by atoms with E-state index in [-0.39, 0.29) is 11.0 Å². The normalized spacial score (nSPS) is 12.3. The van der Waals surface area contributed by atoms with Gasteiger partial charge in [-0.2, -0.15) is 0 Å². The third kappa shape index (κ3) is 3.13. The maximum atomic E-state index is 12.1. The lowest BCUT2D eigenvalue weighted by molar-refractivity contribution is 0.0712. The van der Waals surface area contributed by atoms with Gasteiger partial charge in [-0.15, -0.1) is 0 Å². The van der Waals surface area contributed by atoms with E-state index in [1.807, 2.05) is 6.92 Å². The predicted molar refractivity (Wildman–Crippen MR) is 78.2 cm³/mol. The van der Waals surface area contributed by atoms with E-state index < -0.39 is 8.32 Å². The number of carbonyl (C=O) groups is 1. The Bertz CT molecular complexity index is 461. The third-order valence-corrected chi connectivity index (χ3v) is 7.97. The number of hydrogen-bond acceptors (Lipinski definition) is 3. The summed E-state index contributed by atoms with van der Waals surface area (Å²) < 4.78 is 5.74. The molecule has 0 aliphatic rings. The molecule has 0 unspecified atom stereocenters. The lowest BCUT2D eigenvalue weighted by atomic mass is 10.1. The zero-order valence-electron chi connectivity index (χ0n) is 12.1. The van der Waals surface area contributed by atoms with E-state index in [0.29, 0.717) is 11.3 Å². The fraction of sp³-hybridized carbons (Fsp3) is 0.500. The van der Waals surface area contributed by atoms with Crippen LogP contribution in [0.2, 0.25) is 18.1 Å². The van der Waals surface area contributed by atoms with Crippen LogP contribution in [0.1, 0.15) is 36.7 Å². The summed E-state index contributed by atoms with van der Waals surface area (Å²) in [6, 6.07) is 5.25. The molecule has 1 rings (SSSR count). The van der Waals surface area contributed by atoms with Crippen molar-refractivity contribution in [2.75, 3.05) is 5.73 Å². The van der Waals surface area contributed by atoms with Crippen LogP contribution in [-0.2, 0) is 4.43 Å². The van der Waals surface area contributed by atoms with Crippen molar-refractivity contribution in [1.82, 2.24) is 0 Å². The van der Waals surface area contributed by atoms with Crippen molar-refractivity contribution < 1.29 is 9.22 Å². The van der Waals surface area contributed by atoms with Crippen LogP contribution in [0.4, 0.5) is 5.69 Å². The van der Waals surface area contributed by atoms with Gasteiger partial charge in [-0.1, -0.05) is 20.8 Å². The van der Waals surface area contributed by atoms with Crippen LogP contribution in [0.15, 0.2) is 18.2 Å². The average Bonchev–Trinajstić information content (AvgIpc) is 2.19. The van der Waals surface area contributed by atoms with Gasteiger partial charge >= 0.3 is 5.97 Å². The maximum absolute atomic E-state index is 12.1. The first-order valence-electron chi connectivity index (χ1n) is 6.14. The Labute approximate surface area is 110 Å². The molecule has 1 aromatic carbocycles. The summed E-state index contributed by atoms with van der Waals surface area (Å²) in [4.78, 5) is 12.1. The van der Waals surface area contributed by atoms with Gasteiger partial charge in [0.15, 0.2) is 0 Å². The van der Waals surface area contributed by atoms with Gasteiger partial charge in [-0.25, -0.2) is 4.79 Å². The first kappa shape index (κ1) is 14.8. The minimum Gasteiger partial charge on any atom is -0.516 e. The maximum Gasteiger partial charge on any atom is 0.324 e. The number of nitrogen functional groups attached to an aromatic ring is 1. The van der Waals surface area contributed by atoms with E-state index in [0.717, 1.165) is 5.56 Å². The van der Waals surface area contributed by atoms with Crippen LogP contribution in [0.5, 0.6) is 0 Å². The summed E-state index contributed by atoms with van der Waals surface area (Å²) >= 11 is 0. The number of hydrogen-bond donors (Lipinski definition) is 1. The molecular weight excluding hydrogens is 242 g/mol. The van der Waals surface area contributed by atoms with E-state index >= 15 is 0 Å². The average molecular weight is 265 g/mol. The van der Waals surface area contributed by atoms with Gasteiger partial charge in [0, 0.05) is 5.69 Å². The van der Waals surface area contributed by atoms with Crippen molar-refractivity contribution in [2.24, 2.45) is 0 Å². The molecule has 0 spiro atoms. The minimum atomic E-state index is -2.06. The lowest BCUT2D eigenvalue weighted by Crippen LogP contribution is -2.42. The Balaban J connectivity index is 2.93. The molecule has 0 saturated carbocycles. The zero-order valence-corrected chi connectivity index (χ0v) is 13.1. The summed E-state index contributed by atoms with van der Waals surface area (Å²) in [5, 5.41) is 0.0194. The Hall–Kier alpha value is -1.29. The number of carbonyl (C=O) groups excluding carboxylic acids is 1. The number of benzene rings is 1. The molecule has 2 N–H and O–H groups in total. The van der Waals surface area contributed by atoms with Crippen LogP contribution in [-0.4, -0.2) is 14.3 Å². The van der Waals surface area contributed by atoms with Gasteiger partial charge in [0.25, 0.3) is 8.32 Å². The van der Waals surface area contributed by atoms with E-state index in [1.54, 1.807) is 18.2 Å². The summed E-state index contributed by atoms with van der Waals surface area (Å²) in [6.07, 6.45) is 0. The van der Waals surface area contributed by atoms with Gasteiger partial charge in [-0.05, 0) is 48.8 Å². The van der Waals surface area contributed by atoms with Crippen LogP contribution < -0.4 is 5.73 Å². The largest absolute Gasteiger partial charge is 0.516 e. The van der Waals surface area contributed by atoms with Crippen LogP contribution >= 0.6 is 0 Å². The van der Waals surface area contributed by atoms with Gasteiger partial charge < -0.3 is 10.2 Å². The lowest BCUT2D eigenvalue weighted by Gasteiger charge is -2.35. The quantitative estimate of drug-likeness (QED) is 0.654. The smallest absolute Gasteiger partial charge is 0.324 e. The molecule has 4 heteroatoms. The molecule has 0 heterocycles. The molecule has 0 bridgehead atoms. The van der Waals surface area contributed by atoms with Crippen LogP contribution in [0, 0.1) is 6.92 Å². The molecule has 100 valence electrons. The molecule has 0 saturated heterocycles. The van der Waals surface area contributed by atoms with Gasteiger partial charge in [0.2, 0.25) is 0 Å². The number of rotatable bonds is 2. The zero-order chi connectivity index (χ0) is 14.1. The number of aryl methyl sites for hydroxylation is 1. The Morgan fingerprint density at radius 1 is 1.28 bits per heavy atom.